The molecule has 0 saturated carbocycles. The van der Waals surface area contributed by atoms with Gasteiger partial charge in [0.25, 0.3) is 0 Å². The summed E-state index contributed by atoms with van der Waals surface area (Å²) >= 11 is 0. The van der Waals surface area contributed by atoms with Gasteiger partial charge < -0.3 is 19.9 Å². The second-order valence-corrected chi connectivity index (χ2v) is 5.00. The number of benzene rings is 2. The minimum Gasteiger partial charge on any atom is -0.487 e. The Morgan fingerprint density at radius 3 is 2.52 bits per heavy atom. The van der Waals surface area contributed by atoms with E-state index in [-0.39, 0.29) is 6.29 Å². The fourth-order valence-corrected chi connectivity index (χ4v) is 2.26. The summed E-state index contributed by atoms with van der Waals surface area (Å²) in [6, 6.07) is 15.7. The monoisotopic (exact) mass is 285 g/mol. The average molecular weight is 285 g/mol. The first-order valence-corrected chi connectivity index (χ1v) is 7.12. The van der Waals surface area contributed by atoms with E-state index >= 15 is 0 Å². The van der Waals surface area contributed by atoms with Gasteiger partial charge in [0, 0.05) is 5.56 Å². The predicted octanol–water partition coefficient (Wildman–Crippen LogP) is 3.28. The Balaban J connectivity index is 1.66. The minimum absolute atomic E-state index is 0.316. The van der Waals surface area contributed by atoms with Crippen molar-refractivity contribution in [1.82, 2.24) is 0 Å². The molecule has 1 heterocycles. The highest BCUT2D eigenvalue weighted by Crippen LogP contribution is 2.29. The molecule has 1 aliphatic heterocycles. The molecule has 1 fully saturated rings. The van der Waals surface area contributed by atoms with Crippen molar-refractivity contribution in [1.29, 1.82) is 0 Å². The summed E-state index contributed by atoms with van der Waals surface area (Å²) in [5.74, 6) is 0.679. The highest BCUT2D eigenvalue weighted by atomic mass is 16.7. The van der Waals surface area contributed by atoms with E-state index in [1.807, 2.05) is 48.5 Å². The van der Waals surface area contributed by atoms with Crippen molar-refractivity contribution in [3.8, 4) is 5.75 Å². The molecule has 0 atom stereocenters. The Labute approximate surface area is 124 Å². The molecule has 0 radical (unpaired) electrons. The highest BCUT2D eigenvalue weighted by molar-refractivity contribution is 5.54. The van der Waals surface area contributed by atoms with Gasteiger partial charge in [-0.2, -0.15) is 0 Å². The van der Waals surface area contributed by atoms with Gasteiger partial charge in [-0.05, 0) is 24.1 Å². The molecule has 0 unspecified atom stereocenters. The van der Waals surface area contributed by atoms with E-state index in [2.05, 4.69) is 0 Å². The number of ether oxygens (including phenoxy) is 3. The third-order valence-electron chi connectivity index (χ3n) is 3.37. The normalized spacial score (nSPS) is 15.8. The molecule has 21 heavy (non-hydrogen) atoms. The zero-order valence-electron chi connectivity index (χ0n) is 11.8. The van der Waals surface area contributed by atoms with Crippen molar-refractivity contribution in [3.05, 3.63) is 59.7 Å². The number of nitrogens with two attached hydrogens (primary N) is 1. The van der Waals surface area contributed by atoms with E-state index in [1.54, 1.807) is 0 Å². The van der Waals surface area contributed by atoms with Crippen molar-refractivity contribution < 1.29 is 14.2 Å². The second kappa shape index (κ2) is 6.61. The maximum atomic E-state index is 6.06. The molecule has 0 aliphatic carbocycles. The average Bonchev–Trinajstić information content (AvgIpc) is 2.55. The fourth-order valence-electron chi connectivity index (χ4n) is 2.26. The van der Waals surface area contributed by atoms with Crippen LogP contribution in [0, 0.1) is 0 Å². The first-order valence-electron chi connectivity index (χ1n) is 7.12. The Morgan fingerprint density at radius 1 is 1.05 bits per heavy atom. The van der Waals surface area contributed by atoms with Gasteiger partial charge in [0.05, 0.1) is 18.9 Å². The van der Waals surface area contributed by atoms with Crippen LogP contribution in [0.3, 0.4) is 0 Å². The molecular weight excluding hydrogens is 266 g/mol. The predicted molar refractivity (Wildman–Crippen MR) is 80.9 cm³/mol. The summed E-state index contributed by atoms with van der Waals surface area (Å²) in [5.41, 5.74) is 8.70. The maximum Gasteiger partial charge on any atom is 0.183 e. The molecule has 1 aliphatic rings. The molecule has 3 rings (SSSR count). The van der Waals surface area contributed by atoms with Crippen LogP contribution >= 0.6 is 0 Å². The van der Waals surface area contributed by atoms with E-state index in [0.29, 0.717) is 18.0 Å². The highest BCUT2D eigenvalue weighted by Gasteiger charge is 2.17. The van der Waals surface area contributed by atoms with Crippen LogP contribution in [0.1, 0.15) is 23.8 Å². The van der Waals surface area contributed by atoms with Gasteiger partial charge in [0.15, 0.2) is 6.29 Å². The lowest BCUT2D eigenvalue weighted by atomic mass is 10.1. The summed E-state index contributed by atoms with van der Waals surface area (Å²) in [5, 5.41) is 0. The van der Waals surface area contributed by atoms with Crippen LogP contribution in [-0.2, 0) is 16.1 Å². The van der Waals surface area contributed by atoms with Crippen molar-refractivity contribution in [2.75, 3.05) is 18.9 Å². The molecule has 0 amide bonds. The van der Waals surface area contributed by atoms with Gasteiger partial charge in [0.1, 0.15) is 12.4 Å². The molecule has 4 nitrogen and oxygen atoms in total. The van der Waals surface area contributed by atoms with E-state index in [9.17, 15) is 0 Å². The van der Waals surface area contributed by atoms with Crippen LogP contribution in [0.25, 0.3) is 0 Å². The van der Waals surface area contributed by atoms with Crippen LogP contribution in [0.4, 0.5) is 5.69 Å². The topological polar surface area (TPSA) is 53.7 Å². The third-order valence-corrected chi connectivity index (χ3v) is 3.37. The standard InChI is InChI=1S/C17H19NO3/c18-15-11-14(17-19-9-4-10-20-17)7-8-16(15)21-12-13-5-2-1-3-6-13/h1-3,5-8,11,17H,4,9-10,12,18H2. The van der Waals surface area contributed by atoms with Gasteiger partial charge in [-0.3, -0.25) is 0 Å². The van der Waals surface area contributed by atoms with Crippen molar-refractivity contribution in [2.24, 2.45) is 0 Å². The number of nitrogen functional groups attached to an aromatic ring is 1. The van der Waals surface area contributed by atoms with Gasteiger partial charge in [-0.1, -0.05) is 36.4 Å². The van der Waals surface area contributed by atoms with Crippen LogP contribution in [0.2, 0.25) is 0 Å². The number of hydrogen-bond acceptors (Lipinski definition) is 4. The summed E-state index contributed by atoms with van der Waals surface area (Å²) < 4.78 is 16.9. The van der Waals surface area contributed by atoms with Gasteiger partial charge in [0.2, 0.25) is 0 Å². The maximum absolute atomic E-state index is 6.06. The van der Waals surface area contributed by atoms with Crippen LogP contribution in [0.5, 0.6) is 5.75 Å². The molecule has 2 aromatic carbocycles. The minimum atomic E-state index is -0.316. The second-order valence-electron chi connectivity index (χ2n) is 5.00. The van der Waals surface area contributed by atoms with E-state index in [1.165, 1.54) is 0 Å². The summed E-state index contributed by atoms with van der Waals surface area (Å²) in [6.45, 7) is 1.94. The van der Waals surface area contributed by atoms with Crippen molar-refractivity contribution in [3.63, 3.8) is 0 Å². The Bertz CT molecular complexity index is 580. The SMILES string of the molecule is Nc1cc(C2OCCCO2)ccc1OCc1ccccc1. The van der Waals surface area contributed by atoms with E-state index in [0.717, 1.165) is 30.8 Å². The Morgan fingerprint density at radius 2 is 1.81 bits per heavy atom. The molecular formula is C17H19NO3. The first-order chi connectivity index (χ1) is 10.3. The van der Waals surface area contributed by atoms with E-state index in [4.69, 9.17) is 19.9 Å². The molecule has 4 heteroatoms. The van der Waals surface area contributed by atoms with Gasteiger partial charge in [-0.15, -0.1) is 0 Å². The number of hydrogen-bond donors (Lipinski definition) is 1. The third kappa shape index (κ3) is 3.54. The van der Waals surface area contributed by atoms with Crippen LogP contribution in [-0.4, -0.2) is 13.2 Å². The first kappa shape index (κ1) is 13.9. The molecule has 0 aromatic heterocycles. The largest absolute Gasteiger partial charge is 0.487 e. The molecule has 1 saturated heterocycles. The lowest BCUT2D eigenvalue weighted by Crippen LogP contribution is -2.17. The van der Waals surface area contributed by atoms with Crippen molar-refractivity contribution in [2.45, 2.75) is 19.3 Å². The Hall–Kier alpha value is -2.04. The molecule has 0 spiro atoms. The summed E-state index contributed by atoms with van der Waals surface area (Å²) in [7, 11) is 0. The van der Waals surface area contributed by atoms with E-state index < -0.39 is 0 Å². The quantitative estimate of drug-likeness (QED) is 0.876. The zero-order valence-corrected chi connectivity index (χ0v) is 11.8. The molecule has 0 bridgehead atoms. The van der Waals surface area contributed by atoms with Crippen LogP contribution < -0.4 is 10.5 Å². The molecule has 2 N–H and O–H groups in total. The molecule has 2 aromatic rings. The number of rotatable bonds is 4. The van der Waals surface area contributed by atoms with Crippen LogP contribution in [0.15, 0.2) is 48.5 Å². The summed E-state index contributed by atoms with van der Waals surface area (Å²) in [6.07, 6.45) is 0.619. The lowest BCUT2D eigenvalue weighted by Gasteiger charge is -2.24. The fraction of sp³-hybridized carbons (Fsp3) is 0.294. The Kier molecular flexibility index (Phi) is 4.38. The molecule has 110 valence electrons. The van der Waals surface area contributed by atoms with Gasteiger partial charge >= 0.3 is 0 Å². The van der Waals surface area contributed by atoms with Crippen molar-refractivity contribution >= 4 is 5.69 Å². The number of anilines is 1. The lowest BCUT2D eigenvalue weighted by molar-refractivity contribution is -0.183. The smallest absolute Gasteiger partial charge is 0.183 e. The zero-order chi connectivity index (χ0) is 14.5. The summed E-state index contributed by atoms with van der Waals surface area (Å²) in [4.78, 5) is 0. The van der Waals surface area contributed by atoms with Gasteiger partial charge in [-0.25, -0.2) is 0 Å².